The lowest BCUT2D eigenvalue weighted by atomic mass is 10.1. The third-order valence-electron chi connectivity index (χ3n) is 2.18. The van der Waals surface area contributed by atoms with Crippen molar-refractivity contribution in [1.29, 1.82) is 0 Å². The molecule has 4 N–H and O–H groups in total. The van der Waals surface area contributed by atoms with Gasteiger partial charge in [0.2, 0.25) is 11.8 Å². The minimum Gasteiger partial charge on any atom is -0.370 e. The quantitative estimate of drug-likeness (QED) is 0.544. The van der Waals surface area contributed by atoms with E-state index in [0.717, 1.165) is 12.8 Å². The Balaban J connectivity index is 3.38. The van der Waals surface area contributed by atoms with Crippen LogP contribution in [0.3, 0.4) is 0 Å². The molecule has 0 fully saturated rings. The second-order valence-corrected chi connectivity index (χ2v) is 5.20. The molecule has 5 heteroatoms. The van der Waals surface area contributed by atoms with Gasteiger partial charge in [-0.25, -0.2) is 0 Å². The first-order valence-electron chi connectivity index (χ1n) is 6.11. The van der Waals surface area contributed by atoms with Crippen LogP contribution >= 0.6 is 0 Å². The number of rotatable bonds is 8. The Morgan fingerprint density at radius 1 is 1.06 bits per heavy atom. The lowest BCUT2D eigenvalue weighted by molar-refractivity contribution is -0.121. The molecule has 0 radical (unpaired) electrons. The second kappa shape index (κ2) is 8.06. The summed E-state index contributed by atoms with van der Waals surface area (Å²) in [6.45, 7) is 7.48. The average molecular weight is 243 g/mol. The van der Waals surface area contributed by atoms with Gasteiger partial charge in [-0.3, -0.25) is 9.59 Å². The van der Waals surface area contributed by atoms with Gasteiger partial charge in [0.05, 0.1) is 0 Å². The summed E-state index contributed by atoms with van der Waals surface area (Å²) in [5.41, 5.74) is 5.05. The Hall–Kier alpha value is -1.10. The van der Waals surface area contributed by atoms with E-state index in [1.807, 2.05) is 0 Å². The molecule has 0 rings (SSSR count). The Morgan fingerprint density at radius 3 is 2.24 bits per heavy atom. The Bertz CT molecular complexity index is 247. The van der Waals surface area contributed by atoms with E-state index in [4.69, 9.17) is 5.73 Å². The largest absolute Gasteiger partial charge is 0.370 e. The minimum atomic E-state index is -0.286. The lowest BCUT2D eigenvalue weighted by Gasteiger charge is -2.20. The standard InChI is InChI=1S/C12H25N3O2/c1-12(2,3)15-9-7-11(17)14-8-5-4-6-10(13)16/h15H,4-9H2,1-3H3,(H2,13,16)(H,14,17). The van der Waals surface area contributed by atoms with Crippen molar-refractivity contribution in [1.82, 2.24) is 10.6 Å². The number of primary amides is 1. The molecule has 0 bridgehead atoms. The average Bonchev–Trinajstić information content (AvgIpc) is 2.14. The topological polar surface area (TPSA) is 84.2 Å². The van der Waals surface area contributed by atoms with Gasteiger partial charge in [0, 0.05) is 31.5 Å². The first kappa shape index (κ1) is 15.9. The summed E-state index contributed by atoms with van der Waals surface area (Å²) < 4.78 is 0. The van der Waals surface area contributed by atoms with E-state index in [-0.39, 0.29) is 17.4 Å². The first-order chi connectivity index (χ1) is 7.81. The van der Waals surface area contributed by atoms with Crippen molar-refractivity contribution >= 4 is 11.8 Å². The molecule has 5 nitrogen and oxygen atoms in total. The van der Waals surface area contributed by atoms with Crippen LogP contribution in [-0.2, 0) is 9.59 Å². The van der Waals surface area contributed by atoms with E-state index in [1.54, 1.807) is 0 Å². The molecule has 0 saturated carbocycles. The molecule has 0 aromatic heterocycles. The molecule has 0 spiro atoms. The molecule has 0 heterocycles. The zero-order chi connectivity index (χ0) is 13.3. The second-order valence-electron chi connectivity index (χ2n) is 5.20. The smallest absolute Gasteiger partial charge is 0.221 e. The third kappa shape index (κ3) is 12.8. The lowest BCUT2D eigenvalue weighted by Crippen LogP contribution is -2.38. The molecule has 0 aromatic rings. The fourth-order valence-electron chi connectivity index (χ4n) is 1.29. The van der Waals surface area contributed by atoms with Crippen molar-refractivity contribution in [2.45, 2.75) is 52.0 Å². The van der Waals surface area contributed by atoms with E-state index in [9.17, 15) is 9.59 Å². The summed E-state index contributed by atoms with van der Waals surface area (Å²) in [7, 11) is 0. The molecule has 0 unspecified atom stereocenters. The number of unbranched alkanes of at least 4 members (excludes halogenated alkanes) is 1. The number of carbonyl (C=O) groups excluding carboxylic acids is 2. The molecule has 100 valence electrons. The van der Waals surface area contributed by atoms with Crippen LogP contribution in [0, 0.1) is 0 Å². The Labute approximate surface area is 104 Å². The van der Waals surface area contributed by atoms with E-state index in [1.165, 1.54) is 0 Å². The van der Waals surface area contributed by atoms with Crippen LogP contribution in [-0.4, -0.2) is 30.4 Å². The minimum absolute atomic E-state index is 0.0424. The molecule has 2 amide bonds. The molecule has 0 saturated heterocycles. The van der Waals surface area contributed by atoms with Crippen molar-refractivity contribution < 1.29 is 9.59 Å². The van der Waals surface area contributed by atoms with Crippen LogP contribution in [0.25, 0.3) is 0 Å². The number of amides is 2. The number of nitrogens with one attached hydrogen (secondary N) is 2. The maximum atomic E-state index is 11.4. The van der Waals surface area contributed by atoms with Gasteiger partial charge in [-0.05, 0) is 33.6 Å². The predicted molar refractivity (Wildman–Crippen MR) is 68.4 cm³/mol. The molecular formula is C12H25N3O2. The highest BCUT2D eigenvalue weighted by atomic mass is 16.1. The summed E-state index contributed by atoms with van der Waals surface area (Å²) in [5, 5.41) is 6.06. The maximum absolute atomic E-state index is 11.4. The van der Waals surface area contributed by atoms with Crippen LogP contribution < -0.4 is 16.4 Å². The van der Waals surface area contributed by atoms with Gasteiger partial charge >= 0.3 is 0 Å². The van der Waals surface area contributed by atoms with Crippen molar-refractivity contribution in [3.05, 3.63) is 0 Å². The maximum Gasteiger partial charge on any atom is 0.221 e. The fraction of sp³-hybridized carbons (Fsp3) is 0.833. The monoisotopic (exact) mass is 243 g/mol. The van der Waals surface area contributed by atoms with Gasteiger partial charge in [0.15, 0.2) is 0 Å². The molecule has 0 aliphatic carbocycles. The van der Waals surface area contributed by atoms with Gasteiger partial charge in [-0.15, -0.1) is 0 Å². The molecule has 0 aliphatic rings. The Morgan fingerprint density at radius 2 is 1.71 bits per heavy atom. The normalized spacial score (nSPS) is 11.2. The SMILES string of the molecule is CC(C)(C)NCCC(=O)NCCCCC(N)=O. The zero-order valence-corrected chi connectivity index (χ0v) is 11.1. The Kier molecular flexibility index (Phi) is 7.54. The molecular weight excluding hydrogens is 218 g/mol. The van der Waals surface area contributed by atoms with E-state index < -0.39 is 0 Å². The predicted octanol–water partition coefficient (Wildman–Crippen LogP) is 0.536. The van der Waals surface area contributed by atoms with Gasteiger partial charge in [-0.2, -0.15) is 0 Å². The van der Waals surface area contributed by atoms with Gasteiger partial charge in [-0.1, -0.05) is 0 Å². The molecule has 0 aromatic carbocycles. The van der Waals surface area contributed by atoms with Gasteiger partial charge in [0.25, 0.3) is 0 Å². The summed E-state index contributed by atoms with van der Waals surface area (Å²) in [6, 6.07) is 0. The van der Waals surface area contributed by atoms with E-state index >= 15 is 0 Å². The highest BCUT2D eigenvalue weighted by molar-refractivity contribution is 5.76. The summed E-state index contributed by atoms with van der Waals surface area (Å²) in [6.07, 6.45) is 2.39. The van der Waals surface area contributed by atoms with Crippen LogP contribution in [0.2, 0.25) is 0 Å². The third-order valence-corrected chi connectivity index (χ3v) is 2.18. The molecule has 0 aliphatic heterocycles. The van der Waals surface area contributed by atoms with Crippen LogP contribution in [0.15, 0.2) is 0 Å². The molecule has 17 heavy (non-hydrogen) atoms. The summed E-state index contributed by atoms with van der Waals surface area (Å²) in [5.74, 6) is -0.244. The summed E-state index contributed by atoms with van der Waals surface area (Å²) >= 11 is 0. The van der Waals surface area contributed by atoms with Crippen LogP contribution in [0.1, 0.15) is 46.5 Å². The number of hydrogen-bond donors (Lipinski definition) is 3. The van der Waals surface area contributed by atoms with Gasteiger partial charge in [0.1, 0.15) is 0 Å². The zero-order valence-electron chi connectivity index (χ0n) is 11.1. The van der Waals surface area contributed by atoms with Crippen molar-refractivity contribution in [2.75, 3.05) is 13.1 Å². The van der Waals surface area contributed by atoms with Crippen molar-refractivity contribution in [3.8, 4) is 0 Å². The van der Waals surface area contributed by atoms with Gasteiger partial charge < -0.3 is 16.4 Å². The van der Waals surface area contributed by atoms with Crippen molar-refractivity contribution in [3.63, 3.8) is 0 Å². The van der Waals surface area contributed by atoms with E-state index in [0.29, 0.717) is 25.9 Å². The van der Waals surface area contributed by atoms with Crippen molar-refractivity contribution in [2.24, 2.45) is 5.73 Å². The highest BCUT2D eigenvalue weighted by Gasteiger charge is 2.09. The number of carbonyl (C=O) groups is 2. The number of hydrogen-bond acceptors (Lipinski definition) is 3. The highest BCUT2D eigenvalue weighted by Crippen LogP contribution is 1.98. The number of nitrogens with two attached hydrogens (primary N) is 1. The van der Waals surface area contributed by atoms with Crippen LogP contribution in [0.4, 0.5) is 0 Å². The van der Waals surface area contributed by atoms with Crippen LogP contribution in [0.5, 0.6) is 0 Å². The van der Waals surface area contributed by atoms with E-state index in [2.05, 4.69) is 31.4 Å². The summed E-state index contributed by atoms with van der Waals surface area (Å²) in [4.78, 5) is 21.8. The first-order valence-corrected chi connectivity index (χ1v) is 6.11. The fourth-order valence-corrected chi connectivity index (χ4v) is 1.29. The molecule has 0 atom stereocenters.